The second-order valence-electron chi connectivity index (χ2n) is 4.77. The van der Waals surface area contributed by atoms with Gasteiger partial charge in [0, 0.05) is 12.5 Å². The molecule has 1 unspecified atom stereocenters. The molecule has 0 saturated carbocycles. The molecule has 3 N–H and O–H groups in total. The normalized spacial score (nSPS) is 23.6. The van der Waals surface area contributed by atoms with Gasteiger partial charge in [0.15, 0.2) is 5.84 Å². The summed E-state index contributed by atoms with van der Waals surface area (Å²) in [5, 5.41) is 0. The highest BCUT2D eigenvalue weighted by molar-refractivity contribution is 7.91. The third-order valence-electron chi connectivity index (χ3n) is 3.24. The van der Waals surface area contributed by atoms with E-state index in [2.05, 4.69) is 9.12 Å². The van der Waals surface area contributed by atoms with E-state index < -0.39 is 10.2 Å². The Bertz CT molecular complexity index is 651. The monoisotopic (exact) mass is 297 g/mol. The maximum atomic E-state index is 11.5. The maximum absolute atomic E-state index is 11.5. The Kier molecular flexibility index (Phi) is 3.27. The van der Waals surface area contributed by atoms with Crippen LogP contribution in [0.4, 0.5) is 5.69 Å². The van der Waals surface area contributed by atoms with Crippen LogP contribution in [0.25, 0.3) is 0 Å². The van der Waals surface area contributed by atoms with Crippen LogP contribution in [-0.4, -0.2) is 34.1 Å². The number of nitrogens with one attached hydrogen (secondary N) is 1. The first kappa shape index (κ1) is 13.2. The van der Waals surface area contributed by atoms with Crippen molar-refractivity contribution in [1.29, 1.82) is 0 Å². The van der Waals surface area contributed by atoms with Gasteiger partial charge in [0.05, 0.1) is 24.5 Å². The molecule has 2 aliphatic heterocycles. The molecule has 0 aromatic heterocycles. The van der Waals surface area contributed by atoms with Gasteiger partial charge in [0.2, 0.25) is 0 Å². The van der Waals surface area contributed by atoms with E-state index in [1.54, 1.807) is 18.2 Å². The Hall–Kier alpha value is -1.80. The first-order valence-electron chi connectivity index (χ1n) is 6.27. The molecule has 1 saturated heterocycles. The van der Waals surface area contributed by atoms with Gasteiger partial charge in [-0.05, 0) is 18.6 Å². The smallest absolute Gasteiger partial charge is 0.344 e. The van der Waals surface area contributed by atoms with Crippen LogP contribution in [0.2, 0.25) is 0 Å². The Labute approximate surface area is 117 Å². The average molecular weight is 297 g/mol. The molecule has 0 radical (unpaired) electrons. The Morgan fingerprint density at radius 3 is 3.10 bits per heavy atom. The van der Waals surface area contributed by atoms with Crippen LogP contribution in [-0.2, 0) is 14.9 Å². The third kappa shape index (κ3) is 2.56. The third-order valence-corrected chi connectivity index (χ3v) is 4.15. The lowest BCUT2D eigenvalue weighted by atomic mass is 10.1. The van der Waals surface area contributed by atoms with Crippen LogP contribution >= 0.6 is 0 Å². The van der Waals surface area contributed by atoms with Gasteiger partial charge in [0.1, 0.15) is 5.75 Å². The van der Waals surface area contributed by atoms with Gasteiger partial charge in [-0.1, -0.05) is 6.07 Å². The number of ether oxygens (including phenoxy) is 2. The number of benzene rings is 1. The summed E-state index contributed by atoms with van der Waals surface area (Å²) in [6.07, 6.45) is 0.964. The molecule has 1 atom stereocenters. The van der Waals surface area contributed by atoms with Crippen molar-refractivity contribution in [2.75, 3.05) is 24.5 Å². The van der Waals surface area contributed by atoms with Crippen LogP contribution in [0.5, 0.6) is 5.75 Å². The van der Waals surface area contributed by atoms with E-state index in [0.717, 1.165) is 13.0 Å². The van der Waals surface area contributed by atoms with Crippen molar-refractivity contribution in [3.63, 3.8) is 0 Å². The first-order valence-corrected chi connectivity index (χ1v) is 7.71. The fourth-order valence-electron chi connectivity index (χ4n) is 2.26. The minimum Gasteiger partial charge on any atom is -0.492 e. The van der Waals surface area contributed by atoms with Crippen LogP contribution in [0.1, 0.15) is 12.0 Å². The van der Waals surface area contributed by atoms with Crippen LogP contribution in [0.3, 0.4) is 0 Å². The molecule has 3 rings (SSSR count). The number of amidine groups is 1. The molecule has 0 spiro atoms. The van der Waals surface area contributed by atoms with Crippen molar-refractivity contribution in [1.82, 2.24) is 0 Å². The average Bonchev–Trinajstić information content (AvgIpc) is 2.87. The highest BCUT2D eigenvalue weighted by Gasteiger charge is 2.25. The SMILES string of the molecule is NC1=NS(=O)(=O)Nc2cccc(OCC3CCOC3)c21. The highest BCUT2D eigenvalue weighted by atomic mass is 32.2. The van der Waals surface area contributed by atoms with E-state index in [9.17, 15) is 8.42 Å². The lowest BCUT2D eigenvalue weighted by molar-refractivity contribution is 0.167. The Balaban J connectivity index is 1.86. The molecule has 7 nitrogen and oxygen atoms in total. The minimum absolute atomic E-state index is 0.0583. The van der Waals surface area contributed by atoms with Gasteiger partial charge >= 0.3 is 10.2 Å². The largest absolute Gasteiger partial charge is 0.492 e. The molecule has 2 aliphatic rings. The summed E-state index contributed by atoms with van der Waals surface area (Å²) in [4.78, 5) is 0. The molecular weight excluding hydrogens is 282 g/mol. The topological polar surface area (TPSA) is 103 Å². The fourth-order valence-corrected chi connectivity index (χ4v) is 3.10. The summed E-state index contributed by atoms with van der Waals surface area (Å²) in [6, 6.07) is 5.08. The summed E-state index contributed by atoms with van der Waals surface area (Å²) in [6.45, 7) is 1.95. The molecule has 2 heterocycles. The molecule has 1 aromatic carbocycles. The van der Waals surface area contributed by atoms with Crippen LogP contribution in [0.15, 0.2) is 22.6 Å². The van der Waals surface area contributed by atoms with E-state index in [0.29, 0.717) is 36.1 Å². The lowest BCUT2D eigenvalue weighted by Gasteiger charge is -2.19. The molecular formula is C12H15N3O4S. The number of hydrogen-bond donors (Lipinski definition) is 2. The van der Waals surface area contributed by atoms with Gasteiger partial charge in [0.25, 0.3) is 0 Å². The van der Waals surface area contributed by atoms with E-state index in [-0.39, 0.29) is 5.84 Å². The second-order valence-corrected chi connectivity index (χ2v) is 6.11. The van der Waals surface area contributed by atoms with Gasteiger partial charge in [-0.2, -0.15) is 8.42 Å². The van der Waals surface area contributed by atoms with E-state index in [1.807, 2.05) is 0 Å². The number of anilines is 1. The zero-order valence-corrected chi connectivity index (χ0v) is 11.5. The fraction of sp³-hybridized carbons (Fsp3) is 0.417. The molecule has 108 valence electrons. The zero-order chi connectivity index (χ0) is 14.2. The molecule has 0 bridgehead atoms. The number of rotatable bonds is 3. The molecule has 0 amide bonds. The van der Waals surface area contributed by atoms with Gasteiger partial charge in [-0.3, -0.25) is 4.72 Å². The molecule has 1 fully saturated rings. The van der Waals surface area contributed by atoms with Crippen molar-refractivity contribution in [3.05, 3.63) is 23.8 Å². The molecule has 0 aliphatic carbocycles. The predicted octanol–water partition coefficient (Wildman–Crippen LogP) is 0.477. The summed E-state index contributed by atoms with van der Waals surface area (Å²) in [5.41, 5.74) is 6.61. The number of nitrogens with zero attached hydrogens (tertiary/aromatic N) is 1. The Morgan fingerprint density at radius 1 is 1.50 bits per heavy atom. The molecule has 1 aromatic rings. The standard InChI is InChI=1S/C12H15N3O4S/c13-12-11-9(14-20(16,17)15-12)2-1-3-10(11)19-7-8-4-5-18-6-8/h1-3,8,14H,4-7H2,(H2,13,15). The highest BCUT2D eigenvalue weighted by Crippen LogP contribution is 2.31. The Morgan fingerprint density at radius 2 is 2.35 bits per heavy atom. The van der Waals surface area contributed by atoms with Crippen molar-refractivity contribution < 1.29 is 17.9 Å². The second kappa shape index (κ2) is 4.95. The minimum atomic E-state index is -3.76. The van der Waals surface area contributed by atoms with E-state index >= 15 is 0 Å². The van der Waals surface area contributed by atoms with Crippen molar-refractivity contribution in [2.45, 2.75) is 6.42 Å². The zero-order valence-electron chi connectivity index (χ0n) is 10.7. The van der Waals surface area contributed by atoms with Crippen LogP contribution in [0, 0.1) is 5.92 Å². The summed E-state index contributed by atoms with van der Waals surface area (Å²) >= 11 is 0. The summed E-state index contributed by atoms with van der Waals surface area (Å²) < 4.78 is 39.8. The van der Waals surface area contributed by atoms with E-state index in [1.165, 1.54) is 0 Å². The maximum Gasteiger partial charge on any atom is 0.344 e. The molecule has 8 heteroatoms. The first-order chi connectivity index (χ1) is 9.55. The van der Waals surface area contributed by atoms with Gasteiger partial charge in [-0.25, -0.2) is 0 Å². The van der Waals surface area contributed by atoms with Gasteiger partial charge in [-0.15, -0.1) is 4.40 Å². The number of hydrogen-bond acceptors (Lipinski definition) is 5. The summed E-state index contributed by atoms with van der Waals surface area (Å²) in [5.74, 6) is 0.819. The van der Waals surface area contributed by atoms with Crippen molar-refractivity contribution >= 4 is 21.7 Å². The quantitative estimate of drug-likeness (QED) is 0.844. The van der Waals surface area contributed by atoms with Gasteiger partial charge < -0.3 is 15.2 Å². The summed E-state index contributed by atoms with van der Waals surface area (Å²) in [7, 11) is -3.76. The lowest BCUT2D eigenvalue weighted by Crippen LogP contribution is -2.27. The van der Waals surface area contributed by atoms with E-state index in [4.69, 9.17) is 15.2 Å². The van der Waals surface area contributed by atoms with Crippen molar-refractivity contribution in [2.24, 2.45) is 16.0 Å². The molecule has 20 heavy (non-hydrogen) atoms. The predicted molar refractivity (Wildman–Crippen MR) is 74.1 cm³/mol. The number of nitrogens with two attached hydrogens (primary N) is 1. The number of fused-ring (bicyclic) bond motifs is 1. The van der Waals surface area contributed by atoms with Crippen LogP contribution < -0.4 is 15.2 Å². The van der Waals surface area contributed by atoms with Crippen molar-refractivity contribution in [3.8, 4) is 5.75 Å².